The number of hydrogen-bond donors (Lipinski definition) is 0. The molecule has 0 aromatic heterocycles. The van der Waals surface area contributed by atoms with Crippen molar-refractivity contribution in [3.63, 3.8) is 0 Å². The maximum Gasteiger partial charge on any atom is 0.272 e. The van der Waals surface area contributed by atoms with Gasteiger partial charge in [-0.1, -0.05) is 0 Å². The van der Waals surface area contributed by atoms with Crippen molar-refractivity contribution in [2.45, 2.75) is 26.2 Å². The van der Waals surface area contributed by atoms with Crippen molar-refractivity contribution in [3.8, 4) is 0 Å². The molecule has 1 aliphatic heterocycles. The molecule has 0 spiro atoms. The van der Waals surface area contributed by atoms with Crippen LogP contribution in [0.25, 0.3) is 0 Å². The Balaban J connectivity index is 1.69. The van der Waals surface area contributed by atoms with Crippen LogP contribution in [0.1, 0.15) is 24.8 Å². The molecule has 0 atom stereocenters. The first kappa shape index (κ1) is 14.8. The molecule has 0 bridgehead atoms. The van der Waals surface area contributed by atoms with E-state index in [9.17, 15) is 14.9 Å². The molecule has 1 aromatic carbocycles. The van der Waals surface area contributed by atoms with Crippen molar-refractivity contribution in [2.24, 2.45) is 5.92 Å². The Bertz CT molecular complexity index is 598. The minimum Gasteiger partial charge on any atom is -0.370 e. The van der Waals surface area contributed by atoms with Gasteiger partial charge in [-0.25, -0.2) is 0 Å². The summed E-state index contributed by atoms with van der Waals surface area (Å²) >= 11 is 0. The van der Waals surface area contributed by atoms with Crippen LogP contribution in [0.15, 0.2) is 18.2 Å². The number of carbonyl (C=O) groups excluding carboxylic acids is 1. The lowest BCUT2D eigenvalue weighted by Gasteiger charge is -2.24. The van der Waals surface area contributed by atoms with Gasteiger partial charge in [0.25, 0.3) is 5.69 Å². The van der Waals surface area contributed by atoms with Crippen LogP contribution in [-0.4, -0.2) is 41.9 Å². The zero-order valence-electron chi connectivity index (χ0n) is 12.8. The lowest BCUT2D eigenvalue weighted by molar-refractivity contribution is -0.385. The number of carbonyl (C=O) groups is 1. The van der Waals surface area contributed by atoms with E-state index in [2.05, 4.69) is 4.90 Å². The van der Waals surface area contributed by atoms with Crippen LogP contribution < -0.4 is 4.90 Å². The molecule has 1 saturated heterocycles. The SMILES string of the molecule is Cc1cc(N2CCCN(C(=O)C3CC3)CC2)ccc1[N+](=O)[O-]. The largest absolute Gasteiger partial charge is 0.370 e. The molecule has 6 heteroatoms. The summed E-state index contributed by atoms with van der Waals surface area (Å²) in [7, 11) is 0. The van der Waals surface area contributed by atoms with Crippen LogP contribution in [0, 0.1) is 23.0 Å². The van der Waals surface area contributed by atoms with Gasteiger partial charge < -0.3 is 9.80 Å². The van der Waals surface area contributed by atoms with Crippen molar-refractivity contribution in [1.82, 2.24) is 4.90 Å². The fourth-order valence-electron chi connectivity index (χ4n) is 3.03. The van der Waals surface area contributed by atoms with Gasteiger partial charge in [-0.05, 0) is 38.3 Å². The number of hydrogen-bond acceptors (Lipinski definition) is 4. The molecule has 22 heavy (non-hydrogen) atoms. The Morgan fingerprint density at radius 2 is 2.00 bits per heavy atom. The van der Waals surface area contributed by atoms with E-state index in [-0.39, 0.29) is 16.5 Å². The fourth-order valence-corrected chi connectivity index (χ4v) is 3.03. The van der Waals surface area contributed by atoms with Crippen molar-refractivity contribution in [1.29, 1.82) is 0 Å². The molecule has 1 aliphatic carbocycles. The number of amides is 1. The summed E-state index contributed by atoms with van der Waals surface area (Å²) in [5.41, 5.74) is 1.84. The highest BCUT2D eigenvalue weighted by Crippen LogP contribution is 2.31. The summed E-state index contributed by atoms with van der Waals surface area (Å²) in [4.78, 5) is 26.9. The van der Waals surface area contributed by atoms with Crippen LogP contribution in [0.5, 0.6) is 0 Å². The van der Waals surface area contributed by atoms with Crippen LogP contribution in [0.4, 0.5) is 11.4 Å². The van der Waals surface area contributed by atoms with E-state index >= 15 is 0 Å². The van der Waals surface area contributed by atoms with Gasteiger partial charge in [0.1, 0.15) is 0 Å². The summed E-state index contributed by atoms with van der Waals surface area (Å²) < 4.78 is 0. The normalized spacial score (nSPS) is 19.0. The molecule has 6 nitrogen and oxygen atoms in total. The number of rotatable bonds is 3. The van der Waals surface area contributed by atoms with E-state index in [1.165, 1.54) is 0 Å². The van der Waals surface area contributed by atoms with Gasteiger partial charge in [-0.3, -0.25) is 14.9 Å². The molecular weight excluding hydrogens is 282 g/mol. The summed E-state index contributed by atoms with van der Waals surface area (Å²) in [6.07, 6.45) is 3.02. The molecule has 118 valence electrons. The first-order valence-corrected chi connectivity index (χ1v) is 7.85. The maximum absolute atomic E-state index is 12.2. The number of anilines is 1. The molecule has 2 aliphatic rings. The Labute approximate surface area is 129 Å². The highest BCUT2D eigenvalue weighted by Gasteiger charge is 2.33. The number of nitro groups is 1. The van der Waals surface area contributed by atoms with Crippen molar-refractivity contribution in [2.75, 3.05) is 31.1 Å². The lowest BCUT2D eigenvalue weighted by atomic mass is 10.1. The zero-order valence-corrected chi connectivity index (χ0v) is 12.8. The fraction of sp³-hybridized carbons (Fsp3) is 0.562. The number of aryl methyl sites for hydroxylation is 1. The summed E-state index contributed by atoms with van der Waals surface area (Å²) in [5, 5.41) is 10.9. The molecule has 0 radical (unpaired) electrons. The lowest BCUT2D eigenvalue weighted by Crippen LogP contribution is -2.36. The zero-order chi connectivity index (χ0) is 15.7. The third-order valence-corrected chi connectivity index (χ3v) is 4.48. The summed E-state index contributed by atoms with van der Waals surface area (Å²) in [6.45, 7) is 4.99. The third kappa shape index (κ3) is 3.05. The smallest absolute Gasteiger partial charge is 0.272 e. The van der Waals surface area contributed by atoms with Crippen LogP contribution in [0.3, 0.4) is 0 Å². The van der Waals surface area contributed by atoms with Crippen molar-refractivity contribution in [3.05, 3.63) is 33.9 Å². The van der Waals surface area contributed by atoms with Crippen LogP contribution >= 0.6 is 0 Å². The van der Waals surface area contributed by atoms with Gasteiger partial charge in [0.15, 0.2) is 0 Å². The van der Waals surface area contributed by atoms with Crippen LogP contribution in [-0.2, 0) is 4.79 Å². The molecule has 1 saturated carbocycles. The molecule has 3 rings (SSSR count). The summed E-state index contributed by atoms with van der Waals surface area (Å²) in [6, 6.07) is 5.25. The standard InChI is InChI=1S/C16H21N3O3/c1-12-11-14(5-6-15(12)19(21)22)17-7-2-8-18(10-9-17)16(20)13-3-4-13/h5-6,11,13H,2-4,7-10H2,1H3. The monoisotopic (exact) mass is 303 g/mol. The second kappa shape index (κ2) is 5.94. The number of nitrogens with zero attached hydrogens (tertiary/aromatic N) is 3. The van der Waals surface area contributed by atoms with Crippen molar-refractivity contribution >= 4 is 17.3 Å². The Hall–Kier alpha value is -2.11. The average Bonchev–Trinajstić information content (AvgIpc) is 3.32. The first-order valence-electron chi connectivity index (χ1n) is 7.85. The molecular formula is C16H21N3O3. The molecule has 0 N–H and O–H groups in total. The molecule has 1 aromatic rings. The molecule has 2 fully saturated rings. The highest BCUT2D eigenvalue weighted by molar-refractivity contribution is 5.81. The van der Waals surface area contributed by atoms with E-state index < -0.39 is 0 Å². The van der Waals surface area contributed by atoms with E-state index in [4.69, 9.17) is 0 Å². The van der Waals surface area contributed by atoms with Gasteiger partial charge in [-0.2, -0.15) is 0 Å². The predicted molar refractivity (Wildman–Crippen MR) is 84.0 cm³/mol. The van der Waals surface area contributed by atoms with Gasteiger partial charge in [0.2, 0.25) is 5.91 Å². The number of nitro benzene ring substituents is 1. The van der Waals surface area contributed by atoms with E-state index in [0.29, 0.717) is 11.5 Å². The van der Waals surface area contributed by atoms with Gasteiger partial charge >= 0.3 is 0 Å². The van der Waals surface area contributed by atoms with E-state index in [0.717, 1.165) is 51.1 Å². The van der Waals surface area contributed by atoms with Gasteiger partial charge in [0.05, 0.1) is 4.92 Å². The van der Waals surface area contributed by atoms with Crippen LogP contribution in [0.2, 0.25) is 0 Å². The van der Waals surface area contributed by atoms with E-state index in [1.807, 2.05) is 17.0 Å². The second-order valence-corrected chi connectivity index (χ2v) is 6.17. The Kier molecular flexibility index (Phi) is 4.00. The minimum atomic E-state index is -0.350. The van der Waals surface area contributed by atoms with Gasteiger partial charge in [-0.15, -0.1) is 0 Å². The first-order chi connectivity index (χ1) is 10.6. The van der Waals surface area contributed by atoms with Gasteiger partial charge in [0, 0.05) is 49.4 Å². The average molecular weight is 303 g/mol. The van der Waals surface area contributed by atoms with Crippen molar-refractivity contribution < 1.29 is 9.72 Å². The second-order valence-electron chi connectivity index (χ2n) is 6.17. The molecule has 1 amide bonds. The summed E-state index contributed by atoms with van der Waals surface area (Å²) in [5.74, 6) is 0.579. The maximum atomic E-state index is 12.2. The third-order valence-electron chi connectivity index (χ3n) is 4.48. The molecule has 0 unspecified atom stereocenters. The Morgan fingerprint density at radius 1 is 1.23 bits per heavy atom. The number of benzene rings is 1. The highest BCUT2D eigenvalue weighted by atomic mass is 16.6. The quantitative estimate of drug-likeness (QED) is 0.635. The van der Waals surface area contributed by atoms with E-state index in [1.54, 1.807) is 13.0 Å². The Morgan fingerprint density at radius 3 is 2.64 bits per heavy atom. The predicted octanol–water partition coefficient (Wildman–Crippen LogP) is 2.35. The topological polar surface area (TPSA) is 66.7 Å². The molecule has 1 heterocycles. The minimum absolute atomic E-state index is 0.157.